The lowest BCUT2D eigenvalue weighted by Gasteiger charge is -2.18. The number of benzene rings is 1. The number of rotatable bonds is 5. The predicted molar refractivity (Wildman–Crippen MR) is 96.3 cm³/mol. The average Bonchev–Trinajstić information content (AvgIpc) is 3.08. The molecule has 2 heterocycles. The van der Waals surface area contributed by atoms with Crippen molar-refractivity contribution in [1.29, 1.82) is 0 Å². The van der Waals surface area contributed by atoms with Crippen molar-refractivity contribution in [1.82, 2.24) is 25.1 Å². The number of methoxy groups -OCH3 is 1. The van der Waals surface area contributed by atoms with Gasteiger partial charge in [-0.1, -0.05) is 32.9 Å². The van der Waals surface area contributed by atoms with Crippen LogP contribution in [0.4, 0.5) is 0 Å². The summed E-state index contributed by atoms with van der Waals surface area (Å²) >= 11 is 0. The molecule has 2 N–H and O–H groups in total. The molecule has 2 aromatic heterocycles. The Balaban J connectivity index is 1.80. The monoisotopic (exact) mass is 355 g/mol. The zero-order valence-corrected chi connectivity index (χ0v) is 15.2. The molecule has 0 spiro atoms. The van der Waals surface area contributed by atoms with Crippen LogP contribution in [0.1, 0.15) is 32.3 Å². The van der Waals surface area contributed by atoms with Crippen molar-refractivity contribution in [3.63, 3.8) is 0 Å². The van der Waals surface area contributed by atoms with Gasteiger partial charge in [0.05, 0.1) is 7.11 Å². The van der Waals surface area contributed by atoms with Gasteiger partial charge in [0.2, 0.25) is 0 Å². The molecule has 3 rings (SSSR count). The molecule has 8 nitrogen and oxygen atoms in total. The van der Waals surface area contributed by atoms with Crippen molar-refractivity contribution in [2.45, 2.75) is 32.8 Å². The molecular formula is C18H21N5O3. The minimum atomic E-state index is -0.427. The third kappa shape index (κ3) is 3.90. The molecule has 0 aliphatic rings. The summed E-state index contributed by atoms with van der Waals surface area (Å²) in [4.78, 5) is 22.9. The van der Waals surface area contributed by atoms with Crippen LogP contribution in [0.5, 0.6) is 11.5 Å². The number of aromatic nitrogens is 5. The molecular weight excluding hydrogens is 334 g/mol. The maximum Gasteiger partial charge on any atom is 0.345 e. The van der Waals surface area contributed by atoms with E-state index in [0.717, 1.165) is 5.69 Å². The number of nitrogens with one attached hydrogen (secondary N) is 2. The van der Waals surface area contributed by atoms with Gasteiger partial charge in [0.1, 0.15) is 12.3 Å². The molecule has 0 fully saturated rings. The van der Waals surface area contributed by atoms with E-state index in [9.17, 15) is 4.79 Å². The van der Waals surface area contributed by atoms with E-state index in [1.165, 1.54) is 0 Å². The van der Waals surface area contributed by atoms with Crippen LogP contribution < -0.4 is 15.2 Å². The standard InChI is InChI=1S/C18H21N5O3/c1-18(2,3)14-9-11(19-17(24)20-14)16-21-15(22-23-16)10-26-13-8-6-5-7-12(13)25-4/h5-9H,10H2,1-4H3,(H,19,20,24)(H,21,22,23). The fourth-order valence-electron chi connectivity index (χ4n) is 2.33. The number of H-pyrrole nitrogens is 2. The van der Waals surface area contributed by atoms with E-state index in [4.69, 9.17) is 9.47 Å². The first-order chi connectivity index (χ1) is 12.4. The summed E-state index contributed by atoms with van der Waals surface area (Å²) in [7, 11) is 1.58. The number of hydrogen-bond acceptors (Lipinski definition) is 6. The third-order valence-electron chi connectivity index (χ3n) is 3.75. The van der Waals surface area contributed by atoms with Crippen LogP contribution in [0.25, 0.3) is 11.5 Å². The van der Waals surface area contributed by atoms with E-state index in [0.29, 0.717) is 28.8 Å². The number of nitrogens with zero attached hydrogens (tertiary/aromatic N) is 3. The molecule has 1 aromatic carbocycles. The van der Waals surface area contributed by atoms with Gasteiger partial charge in [0, 0.05) is 11.1 Å². The molecule has 0 bridgehead atoms. The molecule has 136 valence electrons. The molecule has 0 saturated carbocycles. The maximum atomic E-state index is 11.8. The van der Waals surface area contributed by atoms with E-state index in [2.05, 4.69) is 25.1 Å². The van der Waals surface area contributed by atoms with Crippen molar-refractivity contribution in [3.8, 4) is 23.0 Å². The summed E-state index contributed by atoms with van der Waals surface area (Å²) in [6.45, 7) is 6.20. The topological polar surface area (TPSA) is 106 Å². The molecule has 0 amide bonds. The second-order valence-electron chi connectivity index (χ2n) is 6.78. The van der Waals surface area contributed by atoms with Gasteiger partial charge in [-0.3, -0.25) is 5.10 Å². The van der Waals surface area contributed by atoms with E-state index in [-0.39, 0.29) is 12.0 Å². The van der Waals surface area contributed by atoms with Crippen molar-refractivity contribution in [3.05, 3.63) is 52.3 Å². The number of hydrogen-bond donors (Lipinski definition) is 2. The lowest BCUT2D eigenvalue weighted by Crippen LogP contribution is -2.22. The zero-order chi connectivity index (χ0) is 18.7. The van der Waals surface area contributed by atoms with Gasteiger partial charge < -0.3 is 14.5 Å². The lowest BCUT2D eigenvalue weighted by atomic mass is 9.91. The highest BCUT2D eigenvalue weighted by molar-refractivity contribution is 5.49. The molecule has 0 saturated heterocycles. The van der Waals surface area contributed by atoms with Gasteiger partial charge in [-0.05, 0) is 18.2 Å². The van der Waals surface area contributed by atoms with Crippen LogP contribution in [0.15, 0.2) is 35.1 Å². The molecule has 8 heteroatoms. The average molecular weight is 355 g/mol. The summed E-state index contributed by atoms with van der Waals surface area (Å²) in [5, 5.41) is 6.95. The predicted octanol–water partition coefficient (Wildman–Crippen LogP) is 2.44. The highest BCUT2D eigenvalue weighted by atomic mass is 16.5. The number of aromatic amines is 2. The first-order valence-electron chi connectivity index (χ1n) is 8.16. The molecule has 0 aliphatic carbocycles. The Morgan fingerprint density at radius 1 is 1.12 bits per heavy atom. The minimum absolute atomic E-state index is 0.183. The van der Waals surface area contributed by atoms with E-state index in [1.807, 2.05) is 45.0 Å². The number of para-hydroxylation sites is 2. The summed E-state index contributed by atoms with van der Waals surface area (Å²) in [5.41, 5.74) is 0.537. The van der Waals surface area contributed by atoms with Gasteiger partial charge in [0.15, 0.2) is 23.1 Å². The first-order valence-corrected chi connectivity index (χ1v) is 8.16. The summed E-state index contributed by atoms with van der Waals surface area (Å²) in [5.74, 6) is 2.11. The summed E-state index contributed by atoms with van der Waals surface area (Å²) in [6.07, 6.45) is 0. The molecule has 0 unspecified atom stereocenters. The second kappa shape index (κ2) is 6.99. The molecule has 0 radical (unpaired) electrons. The Hall–Kier alpha value is -3.16. The largest absolute Gasteiger partial charge is 0.493 e. The second-order valence-corrected chi connectivity index (χ2v) is 6.78. The molecule has 26 heavy (non-hydrogen) atoms. The van der Waals surface area contributed by atoms with E-state index < -0.39 is 5.69 Å². The Morgan fingerprint density at radius 2 is 1.85 bits per heavy atom. The normalized spacial score (nSPS) is 11.4. The SMILES string of the molecule is COc1ccccc1OCc1nc(-c2cc(C(C)(C)C)[nH]c(=O)n2)n[nH]1. The molecule has 3 aromatic rings. The van der Waals surface area contributed by atoms with Gasteiger partial charge >= 0.3 is 5.69 Å². The van der Waals surface area contributed by atoms with Crippen molar-refractivity contribution in [2.75, 3.05) is 7.11 Å². The van der Waals surface area contributed by atoms with Crippen LogP contribution >= 0.6 is 0 Å². The van der Waals surface area contributed by atoms with Gasteiger partial charge in [-0.25, -0.2) is 9.78 Å². The van der Waals surface area contributed by atoms with Gasteiger partial charge in [-0.15, -0.1) is 0 Å². The Morgan fingerprint density at radius 3 is 2.54 bits per heavy atom. The van der Waals surface area contributed by atoms with Crippen LogP contribution in [-0.2, 0) is 12.0 Å². The third-order valence-corrected chi connectivity index (χ3v) is 3.75. The Bertz CT molecular complexity index is 956. The van der Waals surface area contributed by atoms with E-state index >= 15 is 0 Å². The van der Waals surface area contributed by atoms with Crippen LogP contribution in [0.2, 0.25) is 0 Å². The van der Waals surface area contributed by atoms with Crippen molar-refractivity contribution < 1.29 is 9.47 Å². The van der Waals surface area contributed by atoms with E-state index in [1.54, 1.807) is 13.2 Å². The fourth-order valence-corrected chi connectivity index (χ4v) is 2.33. The highest BCUT2D eigenvalue weighted by Gasteiger charge is 2.18. The Kier molecular flexibility index (Phi) is 4.75. The van der Waals surface area contributed by atoms with Crippen LogP contribution in [0.3, 0.4) is 0 Å². The van der Waals surface area contributed by atoms with Crippen molar-refractivity contribution >= 4 is 0 Å². The van der Waals surface area contributed by atoms with Crippen LogP contribution in [0, 0.1) is 0 Å². The highest BCUT2D eigenvalue weighted by Crippen LogP contribution is 2.26. The summed E-state index contributed by atoms with van der Waals surface area (Å²) in [6, 6.07) is 9.14. The number of ether oxygens (including phenoxy) is 2. The lowest BCUT2D eigenvalue weighted by molar-refractivity contribution is 0.277. The van der Waals surface area contributed by atoms with Gasteiger partial charge in [0.25, 0.3) is 0 Å². The first kappa shape index (κ1) is 17.7. The zero-order valence-electron chi connectivity index (χ0n) is 15.2. The van der Waals surface area contributed by atoms with Crippen molar-refractivity contribution in [2.24, 2.45) is 0 Å². The molecule has 0 atom stereocenters. The van der Waals surface area contributed by atoms with Crippen LogP contribution in [-0.4, -0.2) is 32.3 Å². The maximum absolute atomic E-state index is 11.8. The fraction of sp³-hybridized carbons (Fsp3) is 0.333. The quantitative estimate of drug-likeness (QED) is 0.728. The summed E-state index contributed by atoms with van der Waals surface area (Å²) < 4.78 is 11.0. The van der Waals surface area contributed by atoms with Gasteiger partial charge in [-0.2, -0.15) is 10.1 Å². The smallest absolute Gasteiger partial charge is 0.345 e. The Labute approximate surface area is 150 Å². The molecule has 0 aliphatic heterocycles. The minimum Gasteiger partial charge on any atom is -0.493 e.